The molecule has 1 aromatic rings. The second-order valence-corrected chi connectivity index (χ2v) is 5.96. The molecule has 0 aromatic carbocycles. The van der Waals surface area contributed by atoms with Crippen LogP contribution in [0, 0.1) is 12.8 Å². The number of carbonyl (C=O) groups is 1. The lowest BCUT2D eigenvalue weighted by Gasteiger charge is -2.32. The number of amides is 1. The van der Waals surface area contributed by atoms with Crippen LogP contribution in [0.4, 0.5) is 0 Å². The summed E-state index contributed by atoms with van der Waals surface area (Å²) in [4.78, 5) is 15.2. The molecule has 17 heavy (non-hydrogen) atoms. The van der Waals surface area contributed by atoms with Gasteiger partial charge >= 0.3 is 0 Å². The molecule has 2 nitrogen and oxygen atoms in total. The van der Waals surface area contributed by atoms with Crippen LogP contribution in [0.2, 0.25) is 0 Å². The van der Waals surface area contributed by atoms with E-state index in [4.69, 9.17) is 11.6 Å². The van der Waals surface area contributed by atoms with E-state index < -0.39 is 0 Å². The molecule has 1 fully saturated rings. The number of piperidine rings is 1. The van der Waals surface area contributed by atoms with Crippen LogP contribution in [-0.2, 0) is 0 Å². The largest absolute Gasteiger partial charge is 0.338 e. The predicted octanol–water partition coefficient (Wildman–Crippen LogP) is 3.54. The van der Waals surface area contributed by atoms with Gasteiger partial charge in [-0.3, -0.25) is 4.79 Å². The number of likely N-dealkylation sites (tertiary alicyclic amines) is 1. The molecular formula is C13H18ClNOS. The molecule has 1 atom stereocenters. The zero-order valence-corrected chi connectivity index (χ0v) is 11.7. The van der Waals surface area contributed by atoms with Gasteiger partial charge in [-0.15, -0.1) is 22.9 Å². The second-order valence-electron chi connectivity index (χ2n) is 4.67. The van der Waals surface area contributed by atoms with Crippen LogP contribution >= 0.6 is 22.9 Å². The normalized spacial score (nSPS) is 20.6. The maximum atomic E-state index is 12.3. The highest BCUT2D eigenvalue weighted by Gasteiger charge is 2.25. The van der Waals surface area contributed by atoms with Crippen LogP contribution in [-0.4, -0.2) is 29.8 Å². The fourth-order valence-corrected chi connectivity index (χ4v) is 3.58. The molecule has 0 aliphatic carbocycles. The number of aryl methyl sites for hydroxylation is 1. The van der Waals surface area contributed by atoms with Crippen molar-refractivity contribution in [2.75, 3.05) is 19.0 Å². The Morgan fingerprint density at radius 3 is 3.12 bits per heavy atom. The first-order valence-electron chi connectivity index (χ1n) is 6.11. The zero-order chi connectivity index (χ0) is 12.3. The van der Waals surface area contributed by atoms with E-state index >= 15 is 0 Å². The van der Waals surface area contributed by atoms with Gasteiger partial charge in [0.05, 0.1) is 4.88 Å². The SMILES string of the molecule is Cc1ccsc1C(=O)N1CCCC(CCCl)C1. The Morgan fingerprint density at radius 2 is 2.47 bits per heavy atom. The van der Waals surface area contributed by atoms with Crippen LogP contribution in [0.5, 0.6) is 0 Å². The van der Waals surface area contributed by atoms with Gasteiger partial charge in [0.1, 0.15) is 0 Å². The van der Waals surface area contributed by atoms with Crippen LogP contribution in [0.25, 0.3) is 0 Å². The summed E-state index contributed by atoms with van der Waals surface area (Å²) in [7, 11) is 0. The minimum absolute atomic E-state index is 0.205. The number of alkyl halides is 1. The minimum atomic E-state index is 0.205. The fraction of sp³-hybridized carbons (Fsp3) is 0.615. The lowest BCUT2D eigenvalue weighted by molar-refractivity contribution is 0.0676. The Balaban J connectivity index is 2.02. The first-order valence-corrected chi connectivity index (χ1v) is 7.53. The highest BCUT2D eigenvalue weighted by Crippen LogP contribution is 2.24. The van der Waals surface area contributed by atoms with Crippen molar-refractivity contribution in [3.05, 3.63) is 21.9 Å². The van der Waals surface area contributed by atoms with Crippen LogP contribution in [0.15, 0.2) is 11.4 Å². The molecule has 1 unspecified atom stereocenters. The summed E-state index contributed by atoms with van der Waals surface area (Å²) in [6.45, 7) is 3.78. The van der Waals surface area contributed by atoms with Gasteiger partial charge < -0.3 is 4.90 Å². The lowest BCUT2D eigenvalue weighted by Crippen LogP contribution is -2.39. The van der Waals surface area contributed by atoms with Gasteiger partial charge in [0.25, 0.3) is 5.91 Å². The molecule has 0 spiro atoms. The van der Waals surface area contributed by atoms with Gasteiger partial charge in [-0.1, -0.05) is 0 Å². The summed E-state index contributed by atoms with van der Waals surface area (Å²) in [5, 5.41) is 1.99. The second kappa shape index (κ2) is 5.87. The number of carbonyl (C=O) groups excluding carboxylic acids is 1. The van der Waals surface area contributed by atoms with E-state index in [1.807, 2.05) is 23.3 Å². The molecule has 0 saturated carbocycles. The van der Waals surface area contributed by atoms with Gasteiger partial charge in [0.2, 0.25) is 0 Å². The van der Waals surface area contributed by atoms with Gasteiger partial charge in [0.15, 0.2) is 0 Å². The Kier molecular flexibility index (Phi) is 4.46. The molecule has 94 valence electrons. The summed E-state index contributed by atoms with van der Waals surface area (Å²) in [6.07, 6.45) is 3.34. The molecule has 1 amide bonds. The molecule has 1 aliphatic heterocycles. The average Bonchev–Trinajstić information content (AvgIpc) is 2.75. The number of rotatable bonds is 3. The van der Waals surface area contributed by atoms with Gasteiger partial charge in [-0.25, -0.2) is 0 Å². The molecule has 0 radical (unpaired) electrons. The quantitative estimate of drug-likeness (QED) is 0.770. The first-order chi connectivity index (χ1) is 8.22. The Morgan fingerprint density at radius 1 is 1.65 bits per heavy atom. The minimum Gasteiger partial charge on any atom is -0.338 e. The summed E-state index contributed by atoms with van der Waals surface area (Å²) in [5.74, 6) is 1.49. The number of hydrogen-bond acceptors (Lipinski definition) is 2. The van der Waals surface area contributed by atoms with E-state index in [0.717, 1.165) is 36.4 Å². The molecule has 1 aliphatic rings. The van der Waals surface area contributed by atoms with Crippen molar-refractivity contribution in [3.8, 4) is 0 Å². The van der Waals surface area contributed by atoms with E-state index in [2.05, 4.69) is 0 Å². The molecule has 4 heteroatoms. The summed E-state index contributed by atoms with van der Waals surface area (Å²) in [5.41, 5.74) is 1.10. The van der Waals surface area contributed by atoms with Crippen molar-refractivity contribution in [1.82, 2.24) is 4.90 Å². The Hall–Kier alpha value is -0.540. The molecular weight excluding hydrogens is 254 g/mol. The van der Waals surface area contributed by atoms with E-state index in [9.17, 15) is 4.79 Å². The van der Waals surface area contributed by atoms with Gasteiger partial charge in [-0.05, 0) is 49.1 Å². The third-order valence-corrected chi connectivity index (χ3v) is 4.60. The van der Waals surface area contributed by atoms with E-state index in [-0.39, 0.29) is 5.91 Å². The summed E-state index contributed by atoms with van der Waals surface area (Å²) >= 11 is 7.33. The molecule has 0 bridgehead atoms. The van der Waals surface area contributed by atoms with Crippen molar-refractivity contribution < 1.29 is 4.79 Å². The van der Waals surface area contributed by atoms with E-state index in [1.165, 1.54) is 6.42 Å². The van der Waals surface area contributed by atoms with E-state index in [1.54, 1.807) is 11.3 Å². The first kappa shape index (κ1) is 12.9. The van der Waals surface area contributed by atoms with Crippen LogP contribution < -0.4 is 0 Å². The highest BCUT2D eigenvalue weighted by atomic mass is 35.5. The van der Waals surface area contributed by atoms with Crippen molar-refractivity contribution in [1.29, 1.82) is 0 Å². The third-order valence-electron chi connectivity index (χ3n) is 3.38. The number of halogens is 1. The molecule has 2 heterocycles. The Labute approximate surface area is 112 Å². The van der Waals surface area contributed by atoms with Crippen LogP contribution in [0.3, 0.4) is 0 Å². The summed E-state index contributed by atoms with van der Waals surface area (Å²) < 4.78 is 0. The van der Waals surface area contributed by atoms with Crippen molar-refractivity contribution in [3.63, 3.8) is 0 Å². The topological polar surface area (TPSA) is 20.3 Å². The lowest BCUT2D eigenvalue weighted by atomic mass is 9.95. The molecule has 2 rings (SSSR count). The maximum Gasteiger partial charge on any atom is 0.264 e. The highest BCUT2D eigenvalue weighted by molar-refractivity contribution is 7.12. The average molecular weight is 272 g/mol. The maximum absolute atomic E-state index is 12.3. The van der Waals surface area contributed by atoms with E-state index in [0.29, 0.717) is 11.8 Å². The molecule has 1 aromatic heterocycles. The zero-order valence-electron chi connectivity index (χ0n) is 10.1. The smallest absolute Gasteiger partial charge is 0.264 e. The monoisotopic (exact) mass is 271 g/mol. The molecule has 0 N–H and O–H groups in total. The Bertz CT molecular complexity index is 389. The van der Waals surface area contributed by atoms with Gasteiger partial charge in [0, 0.05) is 19.0 Å². The fourth-order valence-electron chi connectivity index (χ4n) is 2.37. The third kappa shape index (κ3) is 3.02. The number of hydrogen-bond donors (Lipinski definition) is 0. The molecule has 1 saturated heterocycles. The summed E-state index contributed by atoms with van der Waals surface area (Å²) in [6, 6.07) is 2.01. The van der Waals surface area contributed by atoms with Crippen LogP contribution in [0.1, 0.15) is 34.5 Å². The van der Waals surface area contributed by atoms with Crippen molar-refractivity contribution in [2.45, 2.75) is 26.2 Å². The standard InChI is InChI=1S/C13H18ClNOS/c1-10-5-8-17-12(10)13(16)15-7-2-3-11(9-15)4-6-14/h5,8,11H,2-4,6-7,9H2,1H3. The predicted molar refractivity (Wildman–Crippen MR) is 73.0 cm³/mol. The number of thiophene rings is 1. The van der Waals surface area contributed by atoms with Crippen molar-refractivity contribution in [2.24, 2.45) is 5.92 Å². The van der Waals surface area contributed by atoms with Gasteiger partial charge in [-0.2, -0.15) is 0 Å². The van der Waals surface area contributed by atoms with Crippen molar-refractivity contribution >= 4 is 28.8 Å². The number of nitrogens with zero attached hydrogens (tertiary/aromatic N) is 1.